The largest absolute Gasteiger partial charge is 0.397 e. The normalized spacial score (nSPS) is 27.0. The van der Waals surface area contributed by atoms with Gasteiger partial charge in [0, 0.05) is 17.1 Å². The van der Waals surface area contributed by atoms with Crippen LogP contribution in [0.4, 0.5) is 11.4 Å². The highest BCUT2D eigenvalue weighted by molar-refractivity contribution is 6.30. The number of carbonyl (C=O) groups excluding carboxylic acids is 1. The number of aryl methyl sites for hydroxylation is 2. The molecule has 0 unspecified atom stereocenters. The summed E-state index contributed by atoms with van der Waals surface area (Å²) in [6.07, 6.45) is 3.21. The molecule has 0 spiro atoms. The Balaban J connectivity index is 1.66. The lowest BCUT2D eigenvalue weighted by Crippen LogP contribution is -2.50. The molecule has 2 saturated heterocycles. The third kappa shape index (κ3) is 3.40. The fourth-order valence-corrected chi connectivity index (χ4v) is 5.17. The van der Waals surface area contributed by atoms with Gasteiger partial charge in [-0.3, -0.25) is 9.69 Å². The zero-order valence-electron chi connectivity index (χ0n) is 16.7. The van der Waals surface area contributed by atoms with Crippen molar-refractivity contribution in [2.45, 2.75) is 51.1 Å². The Morgan fingerprint density at radius 2 is 1.82 bits per heavy atom. The van der Waals surface area contributed by atoms with Crippen molar-refractivity contribution in [1.29, 1.82) is 0 Å². The third-order valence-electron chi connectivity index (χ3n) is 6.79. The molecule has 28 heavy (non-hydrogen) atoms. The summed E-state index contributed by atoms with van der Waals surface area (Å²) >= 11 is 6.09. The average molecular weight is 398 g/mol. The first-order chi connectivity index (χ1) is 13.3. The van der Waals surface area contributed by atoms with Gasteiger partial charge in [-0.25, -0.2) is 0 Å². The molecule has 4 nitrogen and oxygen atoms in total. The second kappa shape index (κ2) is 7.41. The van der Waals surface area contributed by atoms with Crippen molar-refractivity contribution in [1.82, 2.24) is 4.90 Å². The van der Waals surface area contributed by atoms with Crippen LogP contribution in [0, 0.1) is 19.8 Å². The quantitative estimate of drug-likeness (QED) is 0.735. The lowest BCUT2D eigenvalue weighted by atomic mass is 9.75. The molecule has 0 radical (unpaired) electrons. The van der Waals surface area contributed by atoms with E-state index in [1.807, 2.05) is 38.1 Å². The van der Waals surface area contributed by atoms with Crippen molar-refractivity contribution in [2.24, 2.45) is 5.92 Å². The number of carbonyl (C=O) groups is 1. The molecular weight excluding hydrogens is 370 g/mol. The number of nitrogens with two attached hydrogens (primary N) is 1. The molecule has 4 atom stereocenters. The minimum atomic E-state index is -0.106. The zero-order chi connectivity index (χ0) is 20.0. The van der Waals surface area contributed by atoms with Gasteiger partial charge in [-0.2, -0.15) is 0 Å². The highest BCUT2D eigenvalue weighted by Crippen LogP contribution is 2.46. The van der Waals surface area contributed by atoms with Crippen LogP contribution in [0.5, 0.6) is 0 Å². The molecule has 1 amide bonds. The SMILES string of the molecule is Cc1cc(N)c(NC(=O)[C@H]2[C@@H](c3ccc(Cl)cc3)C[C@@H]3CC[C@H]2N3C)cc1C. The van der Waals surface area contributed by atoms with E-state index in [1.54, 1.807) is 0 Å². The van der Waals surface area contributed by atoms with E-state index in [-0.39, 0.29) is 23.8 Å². The van der Waals surface area contributed by atoms with Gasteiger partial charge in [-0.05, 0) is 87.0 Å². The van der Waals surface area contributed by atoms with Crippen LogP contribution in [0.1, 0.15) is 41.9 Å². The van der Waals surface area contributed by atoms with Crippen LogP contribution in [0.15, 0.2) is 36.4 Å². The number of rotatable bonds is 3. The molecule has 2 aliphatic rings. The monoisotopic (exact) mass is 397 g/mol. The summed E-state index contributed by atoms with van der Waals surface area (Å²) in [5.74, 6) is 0.150. The van der Waals surface area contributed by atoms with Crippen molar-refractivity contribution in [3.63, 3.8) is 0 Å². The Labute approximate surface area is 172 Å². The molecule has 2 aromatic carbocycles. The standard InChI is InChI=1S/C23H28ClN3O/c1-13-10-19(25)20(11-14(13)2)26-23(28)22-18(15-4-6-16(24)7-5-15)12-17-8-9-21(22)27(17)3/h4-7,10-11,17-18,21-22H,8-9,12,25H2,1-3H3,(H,26,28)/t17-,18+,21+,22-/m0/s1. The Kier molecular flexibility index (Phi) is 5.11. The van der Waals surface area contributed by atoms with Gasteiger partial charge in [0.25, 0.3) is 0 Å². The molecule has 2 aromatic rings. The molecule has 2 fully saturated rings. The number of anilines is 2. The fraction of sp³-hybridized carbons (Fsp3) is 0.435. The molecule has 5 heteroatoms. The van der Waals surface area contributed by atoms with E-state index in [0.717, 1.165) is 35.4 Å². The minimum absolute atomic E-state index is 0.0621. The van der Waals surface area contributed by atoms with Crippen LogP contribution in [-0.2, 0) is 4.79 Å². The summed E-state index contributed by atoms with van der Waals surface area (Å²) in [4.78, 5) is 15.9. The van der Waals surface area contributed by atoms with Crippen molar-refractivity contribution >= 4 is 28.9 Å². The van der Waals surface area contributed by atoms with Crippen LogP contribution in [0.3, 0.4) is 0 Å². The maximum atomic E-state index is 13.5. The Bertz CT molecular complexity index is 895. The predicted octanol–water partition coefficient (Wildman–Crippen LogP) is 4.74. The van der Waals surface area contributed by atoms with Crippen molar-refractivity contribution < 1.29 is 4.79 Å². The molecule has 3 N–H and O–H groups in total. The maximum Gasteiger partial charge on any atom is 0.229 e. The van der Waals surface area contributed by atoms with E-state index in [0.29, 0.717) is 17.4 Å². The summed E-state index contributed by atoms with van der Waals surface area (Å²) in [7, 11) is 2.16. The van der Waals surface area contributed by atoms with Crippen molar-refractivity contribution in [2.75, 3.05) is 18.1 Å². The van der Waals surface area contributed by atoms with E-state index in [4.69, 9.17) is 17.3 Å². The molecular formula is C23H28ClN3O. The molecule has 0 aromatic heterocycles. The number of fused-ring (bicyclic) bond motifs is 2. The Morgan fingerprint density at radius 1 is 1.14 bits per heavy atom. The number of halogens is 1. The molecule has 2 aliphatic heterocycles. The maximum absolute atomic E-state index is 13.5. The second-order valence-electron chi connectivity index (χ2n) is 8.40. The number of benzene rings is 2. The zero-order valence-corrected chi connectivity index (χ0v) is 17.5. The summed E-state index contributed by atoms with van der Waals surface area (Å²) in [5, 5.41) is 3.87. The topological polar surface area (TPSA) is 58.4 Å². The van der Waals surface area contributed by atoms with Gasteiger partial charge in [-0.1, -0.05) is 23.7 Å². The smallest absolute Gasteiger partial charge is 0.229 e. The van der Waals surface area contributed by atoms with Crippen LogP contribution in [-0.4, -0.2) is 29.9 Å². The van der Waals surface area contributed by atoms with Gasteiger partial charge < -0.3 is 11.1 Å². The van der Waals surface area contributed by atoms with Gasteiger partial charge in [0.1, 0.15) is 0 Å². The number of hydrogen-bond acceptors (Lipinski definition) is 3. The van der Waals surface area contributed by atoms with Crippen LogP contribution < -0.4 is 11.1 Å². The van der Waals surface area contributed by atoms with E-state index in [1.165, 1.54) is 5.56 Å². The van der Waals surface area contributed by atoms with E-state index in [9.17, 15) is 4.79 Å². The molecule has 4 rings (SSSR count). The van der Waals surface area contributed by atoms with Crippen molar-refractivity contribution in [3.8, 4) is 0 Å². The van der Waals surface area contributed by atoms with Gasteiger partial charge in [0.05, 0.1) is 17.3 Å². The van der Waals surface area contributed by atoms with Crippen LogP contribution in [0.25, 0.3) is 0 Å². The number of nitrogens with zero attached hydrogens (tertiary/aromatic N) is 1. The molecule has 0 aliphatic carbocycles. The number of nitrogen functional groups attached to an aromatic ring is 1. The fourth-order valence-electron chi connectivity index (χ4n) is 5.04. The van der Waals surface area contributed by atoms with Crippen LogP contribution in [0.2, 0.25) is 5.02 Å². The number of nitrogens with one attached hydrogen (secondary N) is 1. The Hall–Kier alpha value is -2.04. The highest BCUT2D eigenvalue weighted by atomic mass is 35.5. The first-order valence-corrected chi connectivity index (χ1v) is 10.4. The van der Waals surface area contributed by atoms with E-state index >= 15 is 0 Å². The third-order valence-corrected chi connectivity index (χ3v) is 7.05. The summed E-state index contributed by atoms with van der Waals surface area (Å²) in [6.45, 7) is 4.07. The van der Waals surface area contributed by atoms with E-state index < -0.39 is 0 Å². The summed E-state index contributed by atoms with van der Waals surface area (Å²) in [5.41, 5.74) is 11.0. The lowest BCUT2D eigenvalue weighted by Gasteiger charge is -2.42. The van der Waals surface area contributed by atoms with Gasteiger partial charge >= 0.3 is 0 Å². The number of hydrogen-bond donors (Lipinski definition) is 2. The first kappa shape index (κ1) is 19.3. The van der Waals surface area contributed by atoms with Gasteiger partial charge in [-0.15, -0.1) is 0 Å². The highest BCUT2D eigenvalue weighted by Gasteiger charge is 2.49. The number of piperidine rings is 1. The molecule has 2 heterocycles. The average Bonchev–Trinajstić information content (AvgIpc) is 2.89. The predicted molar refractivity (Wildman–Crippen MR) is 116 cm³/mol. The minimum Gasteiger partial charge on any atom is -0.397 e. The van der Waals surface area contributed by atoms with Gasteiger partial charge in [0.15, 0.2) is 0 Å². The van der Waals surface area contributed by atoms with E-state index in [2.05, 4.69) is 29.4 Å². The van der Waals surface area contributed by atoms with Gasteiger partial charge in [0.2, 0.25) is 5.91 Å². The molecule has 0 saturated carbocycles. The molecule has 148 valence electrons. The lowest BCUT2D eigenvalue weighted by molar-refractivity contribution is -0.124. The summed E-state index contributed by atoms with van der Waals surface area (Å²) < 4.78 is 0. The van der Waals surface area contributed by atoms with Crippen molar-refractivity contribution in [3.05, 3.63) is 58.1 Å². The number of amides is 1. The molecule has 2 bridgehead atoms. The Morgan fingerprint density at radius 3 is 2.54 bits per heavy atom. The first-order valence-electron chi connectivity index (χ1n) is 10.00. The summed E-state index contributed by atoms with van der Waals surface area (Å²) in [6, 6.07) is 12.7. The second-order valence-corrected chi connectivity index (χ2v) is 8.83. The van der Waals surface area contributed by atoms with Crippen LogP contribution >= 0.6 is 11.6 Å².